The Morgan fingerprint density at radius 3 is 2.61 bits per heavy atom. The van der Waals surface area contributed by atoms with Crippen LogP contribution in [-0.2, 0) is 6.54 Å². The third-order valence-corrected chi connectivity index (χ3v) is 5.84. The smallest absolute Gasteiger partial charge is 0.222 e. The number of nitrogens with zero attached hydrogens (tertiary/aromatic N) is 4. The fourth-order valence-electron chi connectivity index (χ4n) is 3.84. The minimum atomic E-state index is 0.320. The summed E-state index contributed by atoms with van der Waals surface area (Å²) in [5.41, 5.74) is 5.85. The molecule has 1 unspecified atom stereocenters. The molecule has 0 spiro atoms. The van der Waals surface area contributed by atoms with Gasteiger partial charge in [0.25, 0.3) is 0 Å². The first kappa shape index (κ1) is 22.6. The lowest BCUT2D eigenvalue weighted by Crippen LogP contribution is -2.07. The summed E-state index contributed by atoms with van der Waals surface area (Å²) in [7, 11) is 1.68. The number of rotatable bonds is 9. The number of methoxy groups -OCH3 is 1. The molecule has 0 aliphatic heterocycles. The Balaban J connectivity index is 1.82. The van der Waals surface area contributed by atoms with Crippen LogP contribution in [0.1, 0.15) is 50.2 Å². The van der Waals surface area contributed by atoms with E-state index >= 15 is 0 Å². The van der Waals surface area contributed by atoms with Gasteiger partial charge >= 0.3 is 0 Å². The highest BCUT2D eigenvalue weighted by Gasteiger charge is 2.20. The molecule has 0 aliphatic rings. The Kier molecular flexibility index (Phi) is 6.77. The van der Waals surface area contributed by atoms with Crippen molar-refractivity contribution in [2.75, 3.05) is 19.0 Å². The topological polar surface area (TPSA) is 73.6 Å². The van der Waals surface area contributed by atoms with Gasteiger partial charge in [-0.25, -0.2) is 14.5 Å². The Bertz CT molecular complexity index is 1230. The largest absolute Gasteiger partial charge is 0.497 e. The van der Waals surface area contributed by atoms with Gasteiger partial charge in [0.05, 0.1) is 36.4 Å². The number of aromatic nitrogens is 4. The number of hydrogen-bond acceptors (Lipinski definition) is 6. The van der Waals surface area contributed by atoms with Crippen molar-refractivity contribution in [2.24, 2.45) is 0 Å². The van der Waals surface area contributed by atoms with E-state index in [0.29, 0.717) is 24.9 Å². The molecule has 172 valence electrons. The Morgan fingerprint density at radius 2 is 1.91 bits per heavy atom. The van der Waals surface area contributed by atoms with Crippen LogP contribution in [0.5, 0.6) is 11.6 Å². The van der Waals surface area contributed by atoms with Crippen LogP contribution >= 0.6 is 0 Å². The van der Waals surface area contributed by atoms with Crippen LogP contribution in [0.4, 0.5) is 5.69 Å². The van der Waals surface area contributed by atoms with Gasteiger partial charge < -0.3 is 14.8 Å². The predicted molar refractivity (Wildman–Crippen MR) is 131 cm³/mol. The molecule has 1 N–H and O–H groups in total. The van der Waals surface area contributed by atoms with E-state index in [1.165, 1.54) is 0 Å². The second-order valence-corrected chi connectivity index (χ2v) is 8.05. The lowest BCUT2D eigenvalue weighted by Gasteiger charge is -2.15. The van der Waals surface area contributed by atoms with E-state index in [-0.39, 0.29) is 0 Å². The molecular formula is C26H31N5O2. The quantitative estimate of drug-likeness (QED) is 0.360. The molecular weight excluding hydrogens is 414 g/mol. The average Bonchev–Trinajstić information content (AvgIpc) is 3.19. The van der Waals surface area contributed by atoms with Crippen molar-refractivity contribution in [3.05, 3.63) is 65.7 Å². The Labute approximate surface area is 194 Å². The zero-order valence-electron chi connectivity index (χ0n) is 19.9. The number of benzene rings is 1. The van der Waals surface area contributed by atoms with Crippen LogP contribution < -0.4 is 14.8 Å². The van der Waals surface area contributed by atoms with Crippen molar-refractivity contribution in [3.8, 4) is 22.9 Å². The van der Waals surface area contributed by atoms with Gasteiger partial charge in [0.2, 0.25) is 5.88 Å². The van der Waals surface area contributed by atoms with Crippen LogP contribution in [0.15, 0.2) is 48.7 Å². The highest BCUT2D eigenvalue weighted by atomic mass is 16.5. The van der Waals surface area contributed by atoms with E-state index in [0.717, 1.165) is 51.7 Å². The van der Waals surface area contributed by atoms with Gasteiger partial charge in [-0.2, -0.15) is 5.10 Å². The first-order chi connectivity index (χ1) is 16.0. The van der Waals surface area contributed by atoms with E-state index in [1.807, 2.05) is 42.6 Å². The summed E-state index contributed by atoms with van der Waals surface area (Å²) in [6, 6.07) is 14.0. The molecule has 0 aliphatic carbocycles. The standard InChI is InChI=1S/C26H31N5O2/c1-6-17(3)24-25-23(28-16-19-10-12-20(32-5)13-11-19)15-22(30-31(25)18(4)29-24)21-9-8-14-27-26(21)33-7-2/h8-15,17,28H,6-7,16H2,1-5H3. The summed E-state index contributed by atoms with van der Waals surface area (Å²) in [4.78, 5) is 9.30. The third kappa shape index (κ3) is 4.62. The van der Waals surface area contributed by atoms with Crippen LogP contribution in [0.25, 0.3) is 16.8 Å². The van der Waals surface area contributed by atoms with Gasteiger partial charge in [0, 0.05) is 18.7 Å². The minimum absolute atomic E-state index is 0.320. The van der Waals surface area contributed by atoms with Crippen molar-refractivity contribution in [3.63, 3.8) is 0 Å². The molecule has 4 aromatic rings. The molecule has 0 fully saturated rings. The summed E-state index contributed by atoms with van der Waals surface area (Å²) < 4.78 is 13.0. The molecule has 0 saturated carbocycles. The summed E-state index contributed by atoms with van der Waals surface area (Å²) >= 11 is 0. The molecule has 3 aromatic heterocycles. The normalized spacial score (nSPS) is 12.0. The van der Waals surface area contributed by atoms with E-state index < -0.39 is 0 Å². The van der Waals surface area contributed by atoms with E-state index in [9.17, 15) is 0 Å². The Hall–Kier alpha value is -3.61. The average molecular weight is 446 g/mol. The second-order valence-electron chi connectivity index (χ2n) is 8.05. The van der Waals surface area contributed by atoms with Crippen molar-refractivity contribution >= 4 is 11.2 Å². The summed E-state index contributed by atoms with van der Waals surface area (Å²) in [6.07, 6.45) is 2.74. The van der Waals surface area contributed by atoms with Crippen LogP contribution in [0.2, 0.25) is 0 Å². The van der Waals surface area contributed by atoms with E-state index in [1.54, 1.807) is 13.3 Å². The lowest BCUT2D eigenvalue weighted by molar-refractivity contribution is 0.328. The van der Waals surface area contributed by atoms with E-state index in [4.69, 9.17) is 19.6 Å². The third-order valence-electron chi connectivity index (χ3n) is 5.84. The highest BCUT2D eigenvalue weighted by Crippen LogP contribution is 2.34. The molecule has 3 heterocycles. The van der Waals surface area contributed by atoms with Crippen molar-refractivity contribution in [1.82, 2.24) is 19.6 Å². The van der Waals surface area contributed by atoms with E-state index in [2.05, 4.69) is 42.3 Å². The number of imidazole rings is 1. The van der Waals surface area contributed by atoms with Crippen molar-refractivity contribution < 1.29 is 9.47 Å². The molecule has 4 rings (SSSR count). The molecule has 0 amide bonds. The fraction of sp³-hybridized carbons (Fsp3) is 0.346. The molecule has 1 atom stereocenters. The van der Waals surface area contributed by atoms with Gasteiger partial charge in [0.1, 0.15) is 17.1 Å². The maximum absolute atomic E-state index is 5.78. The molecule has 33 heavy (non-hydrogen) atoms. The maximum Gasteiger partial charge on any atom is 0.222 e. The first-order valence-electron chi connectivity index (χ1n) is 11.4. The first-order valence-corrected chi connectivity index (χ1v) is 11.4. The van der Waals surface area contributed by atoms with Gasteiger partial charge in [-0.3, -0.25) is 0 Å². The lowest BCUT2D eigenvalue weighted by atomic mass is 10.0. The number of ether oxygens (including phenoxy) is 2. The molecule has 0 saturated heterocycles. The second kappa shape index (κ2) is 9.90. The zero-order chi connectivity index (χ0) is 23.4. The SMILES string of the molecule is CCOc1ncccc1-c1cc(NCc2ccc(OC)cc2)c2c(C(C)CC)nc(C)n2n1. The number of hydrogen-bond donors (Lipinski definition) is 1. The number of pyridine rings is 1. The Morgan fingerprint density at radius 1 is 1.12 bits per heavy atom. The molecule has 1 aromatic carbocycles. The van der Waals surface area contributed by atoms with Crippen LogP contribution in [-0.4, -0.2) is 33.3 Å². The zero-order valence-corrected chi connectivity index (χ0v) is 19.9. The van der Waals surface area contributed by atoms with Gasteiger partial charge in [-0.05, 0) is 56.2 Å². The number of aryl methyl sites for hydroxylation is 1. The number of fused-ring (bicyclic) bond motifs is 1. The predicted octanol–water partition coefficient (Wildman–Crippen LogP) is 5.63. The maximum atomic E-state index is 5.78. The molecule has 0 bridgehead atoms. The fourth-order valence-corrected chi connectivity index (χ4v) is 3.84. The molecule has 0 radical (unpaired) electrons. The van der Waals surface area contributed by atoms with Crippen LogP contribution in [0.3, 0.4) is 0 Å². The van der Waals surface area contributed by atoms with Gasteiger partial charge in [0.15, 0.2) is 0 Å². The van der Waals surface area contributed by atoms with Crippen LogP contribution in [0, 0.1) is 6.92 Å². The molecule has 7 heteroatoms. The monoisotopic (exact) mass is 445 g/mol. The number of anilines is 1. The highest BCUT2D eigenvalue weighted by molar-refractivity contribution is 5.80. The summed E-state index contributed by atoms with van der Waals surface area (Å²) in [6.45, 7) is 9.54. The minimum Gasteiger partial charge on any atom is -0.497 e. The van der Waals surface area contributed by atoms with Crippen molar-refractivity contribution in [1.29, 1.82) is 0 Å². The summed E-state index contributed by atoms with van der Waals surface area (Å²) in [5, 5.41) is 8.57. The van der Waals surface area contributed by atoms with Gasteiger partial charge in [-0.15, -0.1) is 0 Å². The number of nitrogens with one attached hydrogen (secondary N) is 1. The molecule has 7 nitrogen and oxygen atoms in total. The summed E-state index contributed by atoms with van der Waals surface area (Å²) in [5.74, 6) is 2.60. The van der Waals surface area contributed by atoms with Crippen molar-refractivity contribution in [2.45, 2.75) is 46.6 Å². The van der Waals surface area contributed by atoms with Gasteiger partial charge in [-0.1, -0.05) is 26.0 Å².